The van der Waals surface area contributed by atoms with Gasteiger partial charge in [-0.15, -0.1) is 0 Å². The van der Waals surface area contributed by atoms with E-state index in [9.17, 15) is 0 Å². The molecule has 0 saturated carbocycles. The van der Waals surface area contributed by atoms with E-state index in [0.717, 1.165) is 32.3 Å². The van der Waals surface area contributed by atoms with Crippen LogP contribution in [-0.4, -0.2) is 69.5 Å². The molecule has 3 saturated heterocycles. The van der Waals surface area contributed by atoms with E-state index in [-0.39, 0.29) is 0 Å². The topological polar surface area (TPSA) is 24.9 Å². The standard InChI is InChI=1S/C21H34N2O2S/c1-24-15-20-14-23(13-19-4-11-26-16-19)17-21(20)5-7-22(8-6-21)12-18-2-9-25-10-3-18/h4,11,16,18,20H,2-3,5-10,12-15,17H2,1H3. The molecule has 3 aliphatic rings. The molecule has 0 bridgehead atoms. The summed E-state index contributed by atoms with van der Waals surface area (Å²) in [5.74, 6) is 1.54. The van der Waals surface area contributed by atoms with Crippen LogP contribution in [0.3, 0.4) is 0 Å². The van der Waals surface area contributed by atoms with Gasteiger partial charge < -0.3 is 14.4 Å². The van der Waals surface area contributed by atoms with E-state index in [0.29, 0.717) is 11.3 Å². The minimum absolute atomic E-state index is 0.470. The van der Waals surface area contributed by atoms with E-state index in [4.69, 9.17) is 9.47 Å². The molecule has 1 atom stereocenters. The van der Waals surface area contributed by atoms with Crippen LogP contribution in [0.2, 0.25) is 0 Å². The molecule has 1 spiro atoms. The van der Waals surface area contributed by atoms with Gasteiger partial charge in [-0.3, -0.25) is 4.90 Å². The fourth-order valence-electron chi connectivity index (χ4n) is 5.38. The molecule has 0 radical (unpaired) electrons. The summed E-state index contributed by atoms with van der Waals surface area (Å²) in [5, 5.41) is 4.50. The zero-order chi connectivity index (χ0) is 17.8. The first kappa shape index (κ1) is 18.9. The number of thiophene rings is 1. The fraction of sp³-hybridized carbons (Fsp3) is 0.810. The maximum Gasteiger partial charge on any atom is 0.0508 e. The average molecular weight is 379 g/mol. The smallest absolute Gasteiger partial charge is 0.0508 e. The Kier molecular flexibility index (Phi) is 6.32. The van der Waals surface area contributed by atoms with Crippen LogP contribution in [0.4, 0.5) is 0 Å². The minimum Gasteiger partial charge on any atom is -0.384 e. The third-order valence-electron chi connectivity index (χ3n) is 6.95. The first-order valence-electron chi connectivity index (χ1n) is 10.3. The predicted octanol–water partition coefficient (Wildman–Crippen LogP) is 3.34. The van der Waals surface area contributed by atoms with Crippen LogP contribution < -0.4 is 0 Å². The van der Waals surface area contributed by atoms with E-state index >= 15 is 0 Å². The summed E-state index contributed by atoms with van der Waals surface area (Å²) in [6.07, 6.45) is 5.18. The molecular formula is C21H34N2O2S. The number of hydrogen-bond donors (Lipinski definition) is 0. The van der Waals surface area contributed by atoms with E-state index < -0.39 is 0 Å². The predicted molar refractivity (Wildman–Crippen MR) is 107 cm³/mol. The first-order chi connectivity index (χ1) is 12.8. The van der Waals surface area contributed by atoms with E-state index in [1.165, 1.54) is 64.0 Å². The lowest BCUT2D eigenvalue weighted by Gasteiger charge is -2.43. The van der Waals surface area contributed by atoms with Crippen LogP contribution in [0.25, 0.3) is 0 Å². The highest BCUT2D eigenvalue weighted by atomic mass is 32.1. The quantitative estimate of drug-likeness (QED) is 0.758. The van der Waals surface area contributed by atoms with Crippen molar-refractivity contribution in [1.82, 2.24) is 9.80 Å². The molecule has 3 fully saturated rings. The second-order valence-electron chi connectivity index (χ2n) is 8.67. The van der Waals surface area contributed by atoms with Gasteiger partial charge in [-0.25, -0.2) is 0 Å². The Morgan fingerprint density at radius 3 is 2.73 bits per heavy atom. The number of piperidine rings is 1. The Hall–Kier alpha value is -0.460. The highest BCUT2D eigenvalue weighted by molar-refractivity contribution is 7.07. The van der Waals surface area contributed by atoms with Gasteiger partial charge in [-0.2, -0.15) is 11.3 Å². The normalized spacial score (nSPS) is 28.1. The van der Waals surface area contributed by atoms with E-state index in [2.05, 4.69) is 26.6 Å². The molecule has 3 aliphatic heterocycles. The molecule has 146 valence electrons. The Balaban J connectivity index is 1.33. The van der Waals surface area contributed by atoms with Crippen molar-refractivity contribution in [2.45, 2.75) is 32.2 Å². The molecule has 0 amide bonds. The van der Waals surface area contributed by atoms with Gasteiger partial charge in [-0.05, 0) is 72.5 Å². The highest BCUT2D eigenvalue weighted by Crippen LogP contribution is 2.45. The zero-order valence-corrected chi connectivity index (χ0v) is 17.0. The van der Waals surface area contributed by atoms with E-state index in [1.807, 2.05) is 18.4 Å². The monoisotopic (exact) mass is 378 g/mol. The summed E-state index contributed by atoms with van der Waals surface area (Å²) in [6, 6.07) is 2.28. The maximum absolute atomic E-state index is 5.63. The van der Waals surface area contributed by atoms with Gasteiger partial charge in [0.05, 0.1) is 6.61 Å². The number of ether oxygens (including phenoxy) is 2. The van der Waals surface area contributed by atoms with E-state index in [1.54, 1.807) is 0 Å². The van der Waals surface area contributed by atoms with Gasteiger partial charge in [0, 0.05) is 52.4 Å². The minimum atomic E-state index is 0.470. The van der Waals surface area contributed by atoms with Gasteiger partial charge in [0.25, 0.3) is 0 Å². The number of rotatable bonds is 6. The van der Waals surface area contributed by atoms with Crippen molar-refractivity contribution in [2.24, 2.45) is 17.3 Å². The van der Waals surface area contributed by atoms with Crippen molar-refractivity contribution < 1.29 is 9.47 Å². The molecule has 26 heavy (non-hydrogen) atoms. The molecule has 5 heteroatoms. The highest BCUT2D eigenvalue weighted by Gasteiger charge is 2.47. The van der Waals surface area contributed by atoms with Crippen LogP contribution in [0.5, 0.6) is 0 Å². The molecule has 4 nitrogen and oxygen atoms in total. The average Bonchev–Trinajstić information content (AvgIpc) is 3.28. The van der Waals surface area contributed by atoms with Crippen LogP contribution in [0.15, 0.2) is 16.8 Å². The van der Waals surface area contributed by atoms with Crippen molar-refractivity contribution >= 4 is 11.3 Å². The van der Waals surface area contributed by atoms with Crippen molar-refractivity contribution in [3.8, 4) is 0 Å². The summed E-state index contributed by atoms with van der Waals surface area (Å²) < 4.78 is 11.2. The third-order valence-corrected chi connectivity index (χ3v) is 7.68. The lowest BCUT2D eigenvalue weighted by molar-refractivity contribution is 0.0160. The summed E-state index contributed by atoms with van der Waals surface area (Å²) in [6.45, 7) is 10.2. The Bertz CT molecular complexity index is 536. The summed E-state index contributed by atoms with van der Waals surface area (Å²) >= 11 is 1.81. The summed E-state index contributed by atoms with van der Waals surface area (Å²) in [4.78, 5) is 5.41. The second-order valence-corrected chi connectivity index (χ2v) is 9.45. The second kappa shape index (κ2) is 8.70. The van der Waals surface area contributed by atoms with Gasteiger partial charge in [0.2, 0.25) is 0 Å². The lowest BCUT2D eigenvalue weighted by Crippen LogP contribution is -2.46. The summed E-state index contributed by atoms with van der Waals surface area (Å²) in [7, 11) is 1.87. The molecule has 0 aromatic carbocycles. The molecule has 4 rings (SSSR count). The maximum atomic E-state index is 5.63. The van der Waals surface area contributed by atoms with Crippen LogP contribution in [-0.2, 0) is 16.0 Å². The van der Waals surface area contributed by atoms with Gasteiger partial charge in [-0.1, -0.05) is 0 Å². The van der Waals surface area contributed by atoms with Crippen molar-refractivity contribution in [3.05, 3.63) is 22.4 Å². The molecule has 0 N–H and O–H groups in total. The van der Waals surface area contributed by atoms with Gasteiger partial charge >= 0.3 is 0 Å². The molecular weight excluding hydrogens is 344 g/mol. The third kappa shape index (κ3) is 4.33. The van der Waals surface area contributed by atoms with Crippen LogP contribution in [0, 0.1) is 17.3 Å². The first-order valence-corrected chi connectivity index (χ1v) is 11.2. The van der Waals surface area contributed by atoms with Gasteiger partial charge in [0.1, 0.15) is 0 Å². The largest absolute Gasteiger partial charge is 0.384 e. The fourth-order valence-corrected chi connectivity index (χ4v) is 6.04. The Morgan fingerprint density at radius 2 is 2.04 bits per heavy atom. The molecule has 1 aromatic rings. The molecule has 0 aliphatic carbocycles. The Morgan fingerprint density at radius 1 is 1.23 bits per heavy atom. The Labute approximate surface area is 162 Å². The van der Waals surface area contributed by atoms with Crippen molar-refractivity contribution in [2.75, 3.05) is 59.7 Å². The van der Waals surface area contributed by atoms with Crippen LogP contribution >= 0.6 is 11.3 Å². The number of nitrogens with zero attached hydrogens (tertiary/aromatic N) is 2. The zero-order valence-electron chi connectivity index (χ0n) is 16.2. The molecule has 1 unspecified atom stereocenters. The van der Waals surface area contributed by atoms with Crippen molar-refractivity contribution in [3.63, 3.8) is 0 Å². The summed E-state index contributed by atoms with van der Waals surface area (Å²) in [5.41, 5.74) is 1.94. The van der Waals surface area contributed by atoms with Crippen LogP contribution in [0.1, 0.15) is 31.2 Å². The van der Waals surface area contributed by atoms with Crippen molar-refractivity contribution in [1.29, 1.82) is 0 Å². The SMILES string of the molecule is COCC1CN(Cc2ccsc2)CC12CCN(CC1CCOCC1)CC2. The number of likely N-dealkylation sites (tertiary alicyclic amines) is 2. The molecule has 4 heterocycles. The number of methoxy groups -OCH3 is 1. The lowest BCUT2D eigenvalue weighted by atomic mass is 9.71. The molecule has 1 aromatic heterocycles. The van der Waals surface area contributed by atoms with Gasteiger partial charge in [0.15, 0.2) is 0 Å². The number of hydrogen-bond acceptors (Lipinski definition) is 5.